The van der Waals surface area contributed by atoms with Crippen LogP contribution in [-0.4, -0.2) is 16.2 Å². The molecule has 4 heteroatoms. The zero-order valence-corrected chi connectivity index (χ0v) is 8.73. The fourth-order valence-corrected chi connectivity index (χ4v) is 1.48. The first-order valence-corrected chi connectivity index (χ1v) is 5.31. The molecule has 1 aliphatic rings. The molecule has 0 bridgehead atoms. The SMILES string of the molecule is CCC(N)C(C)c1nc(C2CC2)no1. The van der Waals surface area contributed by atoms with Crippen molar-refractivity contribution in [1.29, 1.82) is 0 Å². The van der Waals surface area contributed by atoms with E-state index in [9.17, 15) is 0 Å². The van der Waals surface area contributed by atoms with Gasteiger partial charge in [-0.3, -0.25) is 0 Å². The van der Waals surface area contributed by atoms with E-state index in [4.69, 9.17) is 10.3 Å². The van der Waals surface area contributed by atoms with Gasteiger partial charge in [0.2, 0.25) is 5.89 Å². The van der Waals surface area contributed by atoms with Crippen molar-refractivity contribution in [2.75, 3.05) is 0 Å². The Morgan fingerprint density at radius 3 is 2.86 bits per heavy atom. The van der Waals surface area contributed by atoms with Crippen molar-refractivity contribution in [2.45, 2.75) is 51.0 Å². The minimum atomic E-state index is 0.113. The van der Waals surface area contributed by atoms with Crippen LogP contribution in [0.1, 0.15) is 56.7 Å². The molecule has 14 heavy (non-hydrogen) atoms. The van der Waals surface area contributed by atoms with Crippen LogP contribution in [0.25, 0.3) is 0 Å². The molecule has 1 saturated carbocycles. The molecule has 2 N–H and O–H groups in total. The topological polar surface area (TPSA) is 64.9 Å². The lowest BCUT2D eigenvalue weighted by Gasteiger charge is -2.13. The minimum Gasteiger partial charge on any atom is -0.339 e. The number of aromatic nitrogens is 2. The lowest BCUT2D eigenvalue weighted by atomic mass is 10.0. The molecule has 4 nitrogen and oxygen atoms in total. The Balaban J connectivity index is 2.07. The van der Waals surface area contributed by atoms with Crippen LogP contribution in [0, 0.1) is 0 Å². The molecule has 0 aromatic carbocycles. The smallest absolute Gasteiger partial charge is 0.231 e. The molecule has 2 unspecified atom stereocenters. The van der Waals surface area contributed by atoms with Gasteiger partial charge in [0.15, 0.2) is 5.82 Å². The molecule has 0 saturated heterocycles. The normalized spacial score (nSPS) is 20.8. The van der Waals surface area contributed by atoms with E-state index in [-0.39, 0.29) is 12.0 Å². The van der Waals surface area contributed by atoms with Crippen molar-refractivity contribution in [3.05, 3.63) is 11.7 Å². The van der Waals surface area contributed by atoms with Gasteiger partial charge in [-0.25, -0.2) is 0 Å². The van der Waals surface area contributed by atoms with Gasteiger partial charge in [-0.05, 0) is 19.3 Å². The number of hydrogen-bond acceptors (Lipinski definition) is 4. The van der Waals surface area contributed by atoms with Gasteiger partial charge in [0.1, 0.15) is 0 Å². The Morgan fingerprint density at radius 2 is 2.29 bits per heavy atom. The van der Waals surface area contributed by atoms with E-state index in [1.807, 2.05) is 6.92 Å². The Hall–Kier alpha value is -0.900. The second-order valence-corrected chi connectivity index (χ2v) is 4.13. The van der Waals surface area contributed by atoms with E-state index < -0.39 is 0 Å². The molecular weight excluding hydrogens is 178 g/mol. The Kier molecular flexibility index (Phi) is 2.54. The predicted octanol–water partition coefficient (Wildman–Crippen LogP) is 1.79. The van der Waals surface area contributed by atoms with Crippen molar-refractivity contribution in [3.8, 4) is 0 Å². The minimum absolute atomic E-state index is 0.113. The quantitative estimate of drug-likeness (QED) is 0.795. The van der Waals surface area contributed by atoms with Crippen molar-refractivity contribution in [3.63, 3.8) is 0 Å². The molecule has 1 fully saturated rings. The average Bonchev–Trinajstić information content (AvgIpc) is 2.94. The van der Waals surface area contributed by atoms with Crippen molar-refractivity contribution < 1.29 is 4.52 Å². The summed E-state index contributed by atoms with van der Waals surface area (Å²) >= 11 is 0. The van der Waals surface area contributed by atoms with Gasteiger partial charge in [-0.2, -0.15) is 4.98 Å². The van der Waals surface area contributed by atoms with Crippen LogP contribution in [0.5, 0.6) is 0 Å². The van der Waals surface area contributed by atoms with Crippen LogP contribution in [0.3, 0.4) is 0 Å². The zero-order chi connectivity index (χ0) is 10.1. The fourth-order valence-electron chi connectivity index (χ4n) is 1.48. The molecular formula is C10H17N3O. The first-order valence-electron chi connectivity index (χ1n) is 5.31. The Bertz CT molecular complexity index is 306. The summed E-state index contributed by atoms with van der Waals surface area (Å²) in [5, 5.41) is 3.97. The number of nitrogens with two attached hydrogens (primary N) is 1. The summed E-state index contributed by atoms with van der Waals surface area (Å²) in [7, 11) is 0. The number of rotatable bonds is 4. The monoisotopic (exact) mass is 195 g/mol. The maximum Gasteiger partial charge on any atom is 0.231 e. The van der Waals surface area contributed by atoms with Crippen LogP contribution < -0.4 is 5.73 Å². The van der Waals surface area contributed by atoms with Gasteiger partial charge in [0, 0.05) is 12.0 Å². The summed E-state index contributed by atoms with van der Waals surface area (Å²) in [6.07, 6.45) is 3.34. The fraction of sp³-hybridized carbons (Fsp3) is 0.800. The molecule has 78 valence electrons. The molecule has 0 aliphatic heterocycles. The highest BCUT2D eigenvalue weighted by atomic mass is 16.5. The third-order valence-corrected chi connectivity index (χ3v) is 2.90. The first kappa shape index (κ1) is 9.65. The highest BCUT2D eigenvalue weighted by Gasteiger charge is 2.30. The molecule has 1 aromatic rings. The summed E-state index contributed by atoms with van der Waals surface area (Å²) in [6, 6.07) is 0.113. The van der Waals surface area contributed by atoms with Crippen LogP contribution >= 0.6 is 0 Å². The summed E-state index contributed by atoms with van der Waals surface area (Å²) in [5.74, 6) is 2.29. The third kappa shape index (κ3) is 1.80. The zero-order valence-electron chi connectivity index (χ0n) is 8.73. The summed E-state index contributed by atoms with van der Waals surface area (Å²) in [6.45, 7) is 4.11. The van der Waals surface area contributed by atoms with Gasteiger partial charge < -0.3 is 10.3 Å². The van der Waals surface area contributed by atoms with Gasteiger partial charge in [0.25, 0.3) is 0 Å². The lowest BCUT2D eigenvalue weighted by molar-refractivity contribution is 0.336. The Morgan fingerprint density at radius 1 is 1.57 bits per heavy atom. The van der Waals surface area contributed by atoms with Crippen molar-refractivity contribution in [2.24, 2.45) is 5.73 Å². The molecule has 0 spiro atoms. The molecule has 1 aliphatic carbocycles. The Labute approximate surface area is 83.9 Å². The highest BCUT2D eigenvalue weighted by Crippen LogP contribution is 2.38. The van der Waals surface area contributed by atoms with Gasteiger partial charge in [-0.15, -0.1) is 0 Å². The number of nitrogens with zero attached hydrogens (tertiary/aromatic N) is 2. The summed E-state index contributed by atoms with van der Waals surface area (Å²) in [5.41, 5.74) is 5.92. The van der Waals surface area contributed by atoms with Crippen molar-refractivity contribution >= 4 is 0 Å². The largest absolute Gasteiger partial charge is 0.339 e. The molecule has 0 amide bonds. The van der Waals surface area contributed by atoms with E-state index in [2.05, 4.69) is 17.1 Å². The average molecular weight is 195 g/mol. The van der Waals surface area contributed by atoms with Crippen molar-refractivity contribution in [1.82, 2.24) is 10.1 Å². The first-order chi connectivity index (χ1) is 6.72. The van der Waals surface area contributed by atoms with E-state index >= 15 is 0 Å². The van der Waals surface area contributed by atoms with Gasteiger partial charge in [0.05, 0.1) is 5.92 Å². The van der Waals surface area contributed by atoms with E-state index in [0.29, 0.717) is 11.8 Å². The highest BCUT2D eigenvalue weighted by molar-refractivity contribution is 5.05. The second kappa shape index (κ2) is 3.69. The van der Waals surface area contributed by atoms with Crippen LogP contribution in [-0.2, 0) is 0 Å². The maximum atomic E-state index is 5.92. The molecule has 0 radical (unpaired) electrons. The van der Waals surface area contributed by atoms with Crippen LogP contribution in [0.4, 0.5) is 0 Å². The second-order valence-electron chi connectivity index (χ2n) is 4.13. The summed E-state index contributed by atoms with van der Waals surface area (Å²) in [4.78, 5) is 4.38. The predicted molar refractivity (Wildman–Crippen MR) is 53.0 cm³/mol. The number of hydrogen-bond donors (Lipinski definition) is 1. The lowest BCUT2D eigenvalue weighted by Crippen LogP contribution is -2.25. The van der Waals surface area contributed by atoms with E-state index in [0.717, 1.165) is 12.2 Å². The van der Waals surface area contributed by atoms with Crippen LogP contribution in [0.2, 0.25) is 0 Å². The molecule has 1 heterocycles. The standard InChI is InChI=1S/C10H17N3O/c1-3-8(11)6(2)10-12-9(13-14-10)7-4-5-7/h6-8H,3-5,11H2,1-2H3. The van der Waals surface area contributed by atoms with E-state index in [1.165, 1.54) is 12.8 Å². The van der Waals surface area contributed by atoms with Crippen LogP contribution in [0.15, 0.2) is 4.52 Å². The molecule has 2 atom stereocenters. The van der Waals surface area contributed by atoms with E-state index in [1.54, 1.807) is 0 Å². The van der Waals surface area contributed by atoms with Gasteiger partial charge in [-0.1, -0.05) is 19.0 Å². The molecule has 2 rings (SSSR count). The van der Waals surface area contributed by atoms with Gasteiger partial charge >= 0.3 is 0 Å². The third-order valence-electron chi connectivity index (χ3n) is 2.90. The summed E-state index contributed by atoms with van der Waals surface area (Å²) < 4.78 is 5.21. The maximum absolute atomic E-state index is 5.92. The molecule has 1 aromatic heterocycles.